The van der Waals surface area contributed by atoms with Crippen LogP contribution in [0.4, 0.5) is 0 Å². The van der Waals surface area contributed by atoms with Gasteiger partial charge >= 0.3 is 5.97 Å². The van der Waals surface area contributed by atoms with Crippen molar-refractivity contribution in [3.8, 4) is 0 Å². The number of nitrogens with one attached hydrogen (secondary N) is 1. The zero-order valence-corrected chi connectivity index (χ0v) is 19.9. The van der Waals surface area contributed by atoms with Crippen molar-refractivity contribution in [3.05, 3.63) is 79.3 Å². The van der Waals surface area contributed by atoms with E-state index in [2.05, 4.69) is 5.32 Å². The predicted molar refractivity (Wildman–Crippen MR) is 126 cm³/mol. The normalized spacial score (nSPS) is 20.8. The van der Waals surface area contributed by atoms with E-state index >= 15 is 0 Å². The number of benzene rings is 1. The van der Waals surface area contributed by atoms with Gasteiger partial charge in [0, 0.05) is 45.3 Å². The minimum Gasteiger partial charge on any atom is -0.460 e. The molecule has 2 aromatic rings. The molecule has 1 aliphatic heterocycles. The Balaban J connectivity index is 1.74. The molecular formula is C25H26ClNO4S. The molecular weight excluding hydrogens is 446 g/mol. The average molecular weight is 472 g/mol. The highest BCUT2D eigenvalue weighted by molar-refractivity contribution is 7.12. The lowest BCUT2D eigenvalue weighted by Gasteiger charge is -2.36. The van der Waals surface area contributed by atoms with E-state index in [0.717, 1.165) is 26.7 Å². The van der Waals surface area contributed by atoms with E-state index in [1.807, 2.05) is 50.2 Å². The lowest BCUT2D eigenvalue weighted by atomic mass is 9.73. The van der Waals surface area contributed by atoms with Crippen LogP contribution < -0.4 is 5.32 Å². The zero-order valence-electron chi connectivity index (χ0n) is 18.4. The van der Waals surface area contributed by atoms with Gasteiger partial charge in [-0.05, 0) is 49.9 Å². The van der Waals surface area contributed by atoms with E-state index in [9.17, 15) is 9.59 Å². The largest absolute Gasteiger partial charge is 0.460 e. The van der Waals surface area contributed by atoms with Crippen molar-refractivity contribution in [2.45, 2.75) is 38.5 Å². The number of halogens is 1. The highest BCUT2D eigenvalue weighted by atomic mass is 35.5. The van der Waals surface area contributed by atoms with Gasteiger partial charge in [0.2, 0.25) is 0 Å². The van der Waals surface area contributed by atoms with Crippen molar-refractivity contribution in [2.24, 2.45) is 0 Å². The van der Waals surface area contributed by atoms with Gasteiger partial charge in [0.05, 0.1) is 18.1 Å². The van der Waals surface area contributed by atoms with Gasteiger partial charge in [-0.15, -0.1) is 11.3 Å². The van der Waals surface area contributed by atoms with E-state index in [1.165, 1.54) is 0 Å². The van der Waals surface area contributed by atoms with E-state index in [1.54, 1.807) is 18.4 Å². The van der Waals surface area contributed by atoms with E-state index in [-0.39, 0.29) is 18.3 Å². The second-order valence-electron chi connectivity index (χ2n) is 8.12. The Hall–Kier alpha value is -2.41. The summed E-state index contributed by atoms with van der Waals surface area (Å²) in [6, 6.07) is 11.7. The third-order valence-corrected chi connectivity index (χ3v) is 7.37. The Labute approximate surface area is 197 Å². The topological polar surface area (TPSA) is 64.6 Å². The number of ether oxygens (including phenoxy) is 2. The first-order valence-electron chi connectivity index (χ1n) is 10.6. The number of aryl methyl sites for hydroxylation is 1. The van der Waals surface area contributed by atoms with Crippen LogP contribution in [0.2, 0.25) is 5.02 Å². The molecule has 4 rings (SSSR count). The molecule has 7 heteroatoms. The van der Waals surface area contributed by atoms with Crippen molar-refractivity contribution in [1.29, 1.82) is 0 Å². The van der Waals surface area contributed by atoms with Crippen LogP contribution in [-0.4, -0.2) is 32.1 Å². The minimum atomic E-state index is -0.431. The predicted octanol–water partition coefficient (Wildman–Crippen LogP) is 5.26. The standard InChI is InChI=1S/C25H26ClNO4S/c1-14-8-9-21(32-14)24-22(25(29)31-11-10-30-3)15(2)27-19-12-16(13-20(28)23(19)24)17-6-4-5-7-18(17)26/h4-9,16,24,27H,10-13H2,1-3H3/t16-,24+/m0/s1. The molecule has 1 aromatic carbocycles. The summed E-state index contributed by atoms with van der Waals surface area (Å²) in [5, 5.41) is 4.04. The van der Waals surface area contributed by atoms with Crippen LogP contribution in [-0.2, 0) is 19.1 Å². The molecule has 0 radical (unpaired) electrons. The van der Waals surface area contributed by atoms with Crippen molar-refractivity contribution in [2.75, 3.05) is 20.3 Å². The molecule has 0 saturated carbocycles. The Bertz CT molecular complexity index is 1120. The second-order valence-corrected chi connectivity index (χ2v) is 9.84. The number of allylic oxidation sites excluding steroid dienone is 3. The molecule has 2 atom stereocenters. The van der Waals surface area contributed by atoms with Crippen molar-refractivity contribution in [3.63, 3.8) is 0 Å². The molecule has 0 fully saturated rings. The monoisotopic (exact) mass is 471 g/mol. The number of ketones is 1. The number of hydrogen-bond acceptors (Lipinski definition) is 6. The molecule has 1 aromatic heterocycles. The quantitative estimate of drug-likeness (QED) is 0.459. The molecule has 5 nitrogen and oxygen atoms in total. The molecule has 1 aliphatic carbocycles. The summed E-state index contributed by atoms with van der Waals surface area (Å²) in [4.78, 5) is 28.7. The summed E-state index contributed by atoms with van der Waals surface area (Å²) >= 11 is 8.04. The summed E-state index contributed by atoms with van der Waals surface area (Å²) < 4.78 is 10.5. The minimum absolute atomic E-state index is 0.00354. The number of esters is 1. The maximum Gasteiger partial charge on any atom is 0.336 e. The summed E-state index contributed by atoms with van der Waals surface area (Å²) in [7, 11) is 1.56. The van der Waals surface area contributed by atoms with Crippen LogP contribution in [0.1, 0.15) is 46.9 Å². The van der Waals surface area contributed by atoms with Crippen LogP contribution in [0.15, 0.2) is 58.9 Å². The van der Waals surface area contributed by atoms with Gasteiger partial charge in [-0.3, -0.25) is 4.79 Å². The van der Waals surface area contributed by atoms with Crippen molar-refractivity contribution >= 4 is 34.7 Å². The maximum atomic E-state index is 13.5. The van der Waals surface area contributed by atoms with Crippen LogP contribution in [0.3, 0.4) is 0 Å². The van der Waals surface area contributed by atoms with Gasteiger partial charge in [0.15, 0.2) is 5.78 Å². The van der Waals surface area contributed by atoms with Crippen LogP contribution in [0, 0.1) is 6.92 Å². The van der Waals surface area contributed by atoms with E-state index in [0.29, 0.717) is 35.6 Å². The fraction of sp³-hybridized carbons (Fsp3) is 0.360. The average Bonchev–Trinajstić information content (AvgIpc) is 3.19. The van der Waals surface area contributed by atoms with Crippen LogP contribution in [0.5, 0.6) is 0 Å². The van der Waals surface area contributed by atoms with Gasteiger partial charge in [0.25, 0.3) is 0 Å². The number of carbonyl (C=O) groups is 2. The van der Waals surface area contributed by atoms with Crippen LogP contribution in [0.25, 0.3) is 0 Å². The fourth-order valence-electron chi connectivity index (χ4n) is 4.52. The molecule has 0 saturated heterocycles. The van der Waals surface area contributed by atoms with Crippen LogP contribution >= 0.6 is 22.9 Å². The third kappa shape index (κ3) is 4.40. The van der Waals surface area contributed by atoms with Gasteiger partial charge in [0.1, 0.15) is 6.61 Å². The van der Waals surface area contributed by atoms with Gasteiger partial charge in [-0.1, -0.05) is 29.8 Å². The highest BCUT2D eigenvalue weighted by Gasteiger charge is 2.42. The summed E-state index contributed by atoms with van der Waals surface area (Å²) in [5.41, 5.74) is 3.72. The highest BCUT2D eigenvalue weighted by Crippen LogP contribution is 2.47. The summed E-state index contributed by atoms with van der Waals surface area (Å²) in [6.45, 7) is 4.37. The van der Waals surface area contributed by atoms with Crippen molar-refractivity contribution in [1.82, 2.24) is 5.32 Å². The molecule has 2 aliphatic rings. The Morgan fingerprint density at radius 1 is 1.16 bits per heavy atom. The molecule has 1 N–H and O–H groups in total. The number of Topliss-reactive ketones (excluding diaryl/α,β-unsaturated/α-hetero) is 1. The zero-order chi connectivity index (χ0) is 22.8. The lowest BCUT2D eigenvalue weighted by Crippen LogP contribution is -2.36. The number of methoxy groups -OCH3 is 1. The molecule has 0 bridgehead atoms. The SMILES string of the molecule is COCCOC(=O)C1=C(C)NC2=C(C(=O)C[C@@H](c3ccccc3Cl)C2)[C@@H]1c1ccc(C)s1. The van der Waals surface area contributed by atoms with E-state index in [4.69, 9.17) is 21.1 Å². The van der Waals surface area contributed by atoms with Gasteiger partial charge in [-0.25, -0.2) is 4.79 Å². The third-order valence-electron chi connectivity index (χ3n) is 5.96. The molecule has 168 valence electrons. The summed E-state index contributed by atoms with van der Waals surface area (Å²) in [5.74, 6) is -0.819. The molecule has 0 unspecified atom stereocenters. The number of carbonyl (C=O) groups excluding carboxylic acids is 2. The number of hydrogen-bond donors (Lipinski definition) is 1. The maximum absolute atomic E-state index is 13.5. The molecule has 0 spiro atoms. The number of rotatable bonds is 6. The first kappa shape index (κ1) is 22.8. The van der Waals surface area contributed by atoms with E-state index < -0.39 is 11.9 Å². The lowest BCUT2D eigenvalue weighted by molar-refractivity contribution is -0.140. The van der Waals surface area contributed by atoms with Crippen molar-refractivity contribution < 1.29 is 19.1 Å². The fourth-order valence-corrected chi connectivity index (χ4v) is 5.81. The Kier molecular flexibility index (Phi) is 6.84. The molecule has 0 amide bonds. The molecule has 2 heterocycles. The summed E-state index contributed by atoms with van der Waals surface area (Å²) in [6.07, 6.45) is 1.02. The first-order valence-corrected chi connectivity index (χ1v) is 11.8. The number of dihydropyridines is 1. The smallest absolute Gasteiger partial charge is 0.336 e. The Morgan fingerprint density at radius 3 is 2.62 bits per heavy atom. The van der Waals surface area contributed by atoms with Gasteiger partial charge < -0.3 is 14.8 Å². The molecule has 32 heavy (non-hydrogen) atoms. The number of thiophene rings is 1. The second kappa shape index (κ2) is 9.61. The Morgan fingerprint density at radius 2 is 1.94 bits per heavy atom. The first-order chi connectivity index (χ1) is 15.4. The van der Waals surface area contributed by atoms with Gasteiger partial charge in [-0.2, -0.15) is 0 Å².